The Balaban J connectivity index is 2.37. The number of aryl methyl sites for hydroxylation is 2. The molecule has 0 aromatic heterocycles. The summed E-state index contributed by atoms with van der Waals surface area (Å²) in [4.78, 5) is 26.5. The molecule has 2 amide bonds. The Morgan fingerprint density at radius 2 is 1.76 bits per heavy atom. The second-order valence-corrected chi connectivity index (χ2v) is 6.26. The molecule has 1 heterocycles. The maximum atomic E-state index is 12.5. The van der Waals surface area contributed by atoms with Crippen molar-refractivity contribution in [1.29, 1.82) is 0 Å². The molecule has 0 aliphatic carbocycles. The normalized spacial score (nSPS) is 22.7. The number of rotatable bonds is 3. The quantitative estimate of drug-likeness (QED) is 0.926. The topological polar surface area (TPSA) is 49.4 Å². The van der Waals surface area contributed by atoms with Crippen LogP contribution in [0.25, 0.3) is 0 Å². The van der Waals surface area contributed by atoms with Gasteiger partial charge in [-0.1, -0.05) is 32.0 Å². The van der Waals surface area contributed by atoms with Crippen LogP contribution in [0, 0.1) is 19.8 Å². The number of hydrogen-bond donors (Lipinski definition) is 1. The molecule has 1 saturated heterocycles. The Bertz CT molecular complexity index is 546. The molecule has 0 spiro atoms. The molecule has 1 aliphatic heterocycles. The van der Waals surface area contributed by atoms with Crippen LogP contribution in [0.15, 0.2) is 18.2 Å². The van der Waals surface area contributed by atoms with Gasteiger partial charge in [0.1, 0.15) is 12.1 Å². The van der Waals surface area contributed by atoms with E-state index in [4.69, 9.17) is 0 Å². The standard InChI is InChI=1S/C17H24N2O2/c1-10(2)15-16(20)18-13(5)17(21)19(15)9-14-11(3)7-6-8-12(14)4/h6-8,10,13,15H,9H2,1-5H3,(H,18,20). The van der Waals surface area contributed by atoms with Gasteiger partial charge in [0.15, 0.2) is 0 Å². The third kappa shape index (κ3) is 2.94. The summed E-state index contributed by atoms with van der Waals surface area (Å²) in [5.74, 6) is 0.0325. The second kappa shape index (κ2) is 5.88. The number of hydrogen-bond acceptors (Lipinski definition) is 2. The van der Waals surface area contributed by atoms with E-state index in [1.54, 1.807) is 11.8 Å². The predicted molar refractivity (Wildman–Crippen MR) is 82.7 cm³/mol. The molecule has 2 unspecified atom stereocenters. The van der Waals surface area contributed by atoms with Crippen LogP contribution in [0.1, 0.15) is 37.5 Å². The van der Waals surface area contributed by atoms with Crippen LogP contribution in [0.5, 0.6) is 0 Å². The molecule has 2 atom stereocenters. The first-order valence-electron chi connectivity index (χ1n) is 7.49. The van der Waals surface area contributed by atoms with Crippen LogP contribution in [-0.4, -0.2) is 28.8 Å². The fourth-order valence-electron chi connectivity index (χ4n) is 3.00. The van der Waals surface area contributed by atoms with Crippen molar-refractivity contribution in [1.82, 2.24) is 10.2 Å². The minimum atomic E-state index is -0.447. The molecule has 1 N–H and O–H groups in total. The lowest BCUT2D eigenvalue weighted by Crippen LogP contribution is -2.63. The first-order valence-corrected chi connectivity index (χ1v) is 7.49. The summed E-state index contributed by atoms with van der Waals surface area (Å²) in [7, 11) is 0. The summed E-state index contributed by atoms with van der Waals surface area (Å²) in [6.07, 6.45) is 0. The number of carbonyl (C=O) groups excluding carboxylic acids is 2. The Labute approximate surface area is 126 Å². The summed E-state index contributed by atoms with van der Waals surface area (Å²) >= 11 is 0. The van der Waals surface area contributed by atoms with Crippen molar-refractivity contribution in [3.63, 3.8) is 0 Å². The zero-order valence-corrected chi connectivity index (χ0v) is 13.4. The minimum absolute atomic E-state index is 0.00375. The van der Waals surface area contributed by atoms with Gasteiger partial charge < -0.3 is 10.2 Å². The molecule has 1 aromatic rings. The molecule has 4 nitrogen and oxygen atoms in total. The molecule has 1 fully saturated rings. The van der Waals surface area contributed by atoms with Gasteiger partial charge in [0.05, 0.1) is 0 Å². The fraction of sp³-hybridized carbons (Fsp3) is 0.529. The molecular weight excluding hydrogens is 264 g/mol. The van der Waals surface area contributed by atoms with E-state index in [1.807, 2.05) is 45.9 Å². The minimum Gasteiger partial charge on any atom is -0.343 e. The number of benzene rings is 1. The second-order valence-electron chi connectivity index (χ2n) is 6.26. The van der Waals surface area contributed by atoms with E-state index in [0.29, 0.717) is 6.54 Å². The van der Waals surface area contributed by atoms with Gasteiger partial charge in [-0.25, -0.2) is 0 Å². The van der Waals surface area contributed by atoms with Gasteiger partial charge in [-0.15, -0.1) is 0 Å². The van der Waals surface area contributed by atoms with E-state index in [-0.39, 0.29) is 17.7 Å². The van der Waals surface area contributed by atoms with Gasteiger partial charge >= 0.3 is 0 Å². The van der Waals surface area contributed by atoms with Gasteiger partial charge in [0, 0.05) is 6.54 Å². The number of piperazine rings is 1. The van der Waals surface area contributed by atoms with Crippen molar-refractivity contribution >= 4 is 11.8 Å². The van der Waals surface area contributed by atoms with Crippen LogP contribution in [0.3, 0.4) is 0 Å². The van der Waals surface area contributed by atoms with Gasteiger partial charge in [0.25, 0.3) is 0 Å². The van der Waals surface area contributed by atoms with E-state index in [1.165, 1.54) is 0 Å². The van der Waals surface area contributed by atoms with E-state index in [9.17, 15) is 9.59 Å². The smallest absolute Gasteiger partial charge is 0.245 e. The maximum absolute atomic E-state index is 12.5. The zero-order valence-electron chi connectivity index (χ0n) is 13.4. The van der Waals surface area contributed by atoms with Crippen LogP contribution in [-0.2, 0) is 16.1 Å². The van der Waals surface area contributed by atoms with Crippen LogP contribution in [0.4, 0.5) is 0 Å². The van der Waals surface area contributed by atoms with E-state index >= 15 is 0 Å². The molecule has 114 valence electrons. The molecule has 2 rings (SSSR count). The average Bonchev–Trinajstić information content (AvgIpc) is 2.38. The molecule has 0 bridgehead atoms. The van der Waals surface area contributed by atoms with E-state index in [2.05, 4.69) is 5.32 Å². The Hall–Kier alpha value is -1.84. The lowest BCUT2D eigenvalue weighted by atomic mass is 9.95. The highest BCUT2D eigenvalue weighted by atomic mass is 16.2. The third-order valence-electron chi connectivity index (χ3n) is 4.22. The largest absolute Gasteiger partial charge is 0.343 e. The van der Waals surface area contributed by atoms with E-state index in [0.717, 1.165) is 16.7 Å². The molecular formula is C17H24N2O2. The van der Waals surface area contributed by atoms with Gasteiger partial charge in [-0.2, -0.15) is 0 Å². The van der Waals surface area contributed by atoms with Gasteiger partial charge in [0.2, 0.25) is 11.8 Å². The first kappa shape index (κ1) is 15.5. The number of carbonyl (C=O) groups is 2. The monoisotopic (exact) mass is 288 g/mol. The summed E-state index contributed by atoms with van der Waals surface area (Å²) in [6.45, 7) is 10.3. The summed E-state index contributed by atoms with van der Waals surface area (Å²) < 4.78 is 0. The summed E-state index contributed by atoms with van der Waals surface area (Å²) in [5.41, 5.74) is 3.45. The van der Waals surface area contributed by atoms with Crippen molar-refractivity contribution in [2.75, 3.05) is 0 Å². The lowest BCUT2D eigenvalue weighted by Gasteiger charge is -2.40. The van der Waals surface area contributed by atoms with Crippen molar-refractivity contribution in [3.05, 3.63) is 34.9 Å². The fourth-order valence-corrected chi connectivity index (χ4v) is 3.00. The van der Waals surface area contributed by atoms with Crippen molar-refractivity contribution in [2.45, 2.75) is 53.2 Å². The van der Waals surface area contributed by atoms with Crippen molar-refractivity contribution < 1.29 is 9.59 Å². The Morgan fingerprint density at radius 3 is 2.29 bits per heavy atom. The van der Waals surface area contributed by atoms with Gasteiger partial charge in [-0.05, 0) is 43.4 Å². The SMILES string of the molecule is Cc1cccc(C)c1CN1C(=O)C(C)NC(=O)C1C(C)C. The van der Waals surface area contributed by atoms with Crippen molar-refractivity contribution in [3.8, 4) is 0 Å². The number of amides is 2. The highest BCUT2D eigenvalue weighted by Crippen LogP contribution is 2.23. The highest BCUT2D eigenvalue weighted by Gasteiger charge is 2.40. The van der Waals surface area contributed by atoms with E-state index < -0.39 is 12.1 Å². The number of nitrogens with zero attached hydrogens (tertiary/aromatic N) is 1. The summed E-state index contributed by atoms with van der Waals surface area (Å²) in [5, 5.41) is 2.78. The molecule has 21 heavy (non-hydrogen) atoms. The van der Waals surface area contributed by atoms with Crippen LogP contribution in [0.2, 0.25) is 0 Å². The Kier molecular flexibility index (Phi) is 4.35. The van der Waals surface area contributed by atoms with Crippen LogP contribution < -0.4 is 5.32 Å². The molecule has 1 aromatic carbocycles. The average molecular weight is 288 g/mol. The molecule has 0 saturated carbocycles. The molecule has 4 heteroatoms. The lowest BCUT2D eigenvalue weighted by molar-refractivity contribution is -0.151. The molecule has 0 radical (unpaired) electrons. The zero-order chi connectivity index (χ0) is 15.7. The first-order chi connectivity index (χ1) is 9.82. The number of nitrogens with one attached hydrogen (secondary N) is 1. The van der Waals surface area contributed by atoms with Crippen molar-refractivity contribution in [2.24, 2.45) is 5.92 Å². The summed E-state index contributed by atoms with van der Waals surface area (Å²) in [6, 6.07) is 5.26. The predicted octanol–water partition coefficient (Wildman–Crippen LogP) is 2.17. The molecule has 1 aliphatic rings. The maximum Gasteiger partial charge on any atom is 0.245 e. The van der Waals surface area contributed by atoms with Gasteiger partial charge in [-0.3, -0.25) is 9.59 Å². The Morgan fingerprint density at radius 1 is 1.19 bits per heavy atom. The van der Waals surface area contributed by atoms with Crippen LogP contribution >= 0.6 is 0 Å². The highest BCUT2D eigenvalue weighted by molar-refractivity contribution is 5.96. The third-order valence-corrected chi connectivity index (χ3v) is 4.22.